The molecule has 31 heavy (non-hydrogen) atoms. The molecule has 0 aromatic heterocycles. The number of fused-ring (bicyclic) bond motifs is 1. The average Bonchev–Trinajstić information content (AvgIpc) is 2.56. The first-order valence-electron chi connectivity index (χ1n) is 7.27. The quantitative estimate of drug-likeness (QED) is 0.260. The van der Waals surface area contributed by atoms with Gasteiger partial charge in [-0.25, -0.2) is 16.8 Å². The molecule has 15 nitrogen and oxygen atoms in total. The zero-order valence-electron chi connectivity index (χ0n) is 14.8. The van der Waals surface area contributed by atoms with Crippen LogP contribution in [0.4, 0.5) is 5.69 Å². The van der Waals surface area contributed by atoms with Gasteiger partial charge in [0.25, 0.3) is 0 Å². The molecule has 2 aromatic rings. The van der Waals surface area contributed by atoms with Crippen molar-refractivity contribution < 1.29 is 56.1 Å². The lowest BCUT2D eigenvalue weighted by atomic mass is 10.1. The van der Waals surface area contributed by atoms with Crippen molar-refractivity contribution in [3.8, 4) is 0 Å². The molecule has 0 atom stereocenters. The fourth-order valence-corrected chi connectivity index (χ4v) is 4.53. The zero-order valence-corrected chi connectivity index (χ0v) is 18.0. The van der Waals surface area contributed by atoms with Crippen molar-refractivity contribution in [3.05, 3.63) is 35.3 Å². The van der Waals surface area contributed by atoms with Gasteiger partial charge in [0, 0.05) is 11.5 Å². The molecule has 0 unspecified atom stereocenters. The number of sulfone groups is 1. The van der Waals surface area contributed by atoms with Crippen molar-refractivity contribution in [2.45, 2.75) is 9.79 Å². The summed E-state index contributed by atoms with van der Waals surface area (Å²) in [7, 11) is -18.5. The van der Waals surface area contributed by atoms with Gasteiger partial charge in [0.2, 0.25) is 15.8 Å². The van der Waals surface area contributed by atoms with Crippen molar-refractivity contribution in [2.24, 2.45) is 0 Å². The summed E-state index contributed by atoms with van der Waals surface area (Å²) in [6.07, 6.45) is 0. The third kappa shape index (κ3) is 8.77. The Morgan fingerprint density at radius 1 is 0.935 bits per heavy atom. The highest BCUT2D eigenvalue weighted by Crippen LogP contribution is 2.33. The minimum absolute atomic E-state index is 0.0865. The second kappa shape index (κ2) is 9.47. The standard InChI is InChI=1S/C12H10N2O9S3.H2O4S/c13-14-11-4-1-8-7-9(2-3-10(8)12(11)25(17,18)19)24(15,16)6-5-23-26(20,21)22;1-5(2,3)4/h1-4,7H,5-6H2,(H-,17,18,19,20,21,22);(H2,1,2,3,4). The van der Waals surface area contributed by atoms with Crippen molar-refractivity contribution >= 4 is 57.2 Å². The van der Waals surface area contributed by atoms with Gasteiger partial charge in [0.1, 0.15) is 0 Å². The minimum atomic E-state index is -5.04. The molecule has 2 rings (SSSR count). The number of hydrogen-bond donors (Lipinski definition) is 3. The number of hydrogen-bond acceptors (Lipinski definition) is 11. The van der Waals surface area contributed by atoms with Crippen LogP contribution in [0.15, 0.2) is 40.1 Å². The van der Waals surface area contributed by atoms with Crippen LogP contribution in [-0.2, 0) is 44.9 Å². The first-order chi connectivity index (χ1) is 13.8. The van der Waals surface area contributed by atoms with Crippen LogP contribution in [0.1, 0.15) is 0 Å². The molecule has 172 valence electrons. The topological polar surface area (TPSA) is 258 Å². The highest BCUT2D eigenvalue weighted by atomic mass is 32.3. The third-order valence-corrected chi connectivity index (χ3v) is 6.30. The monoisotopic (exact) mass is 520 g/mol. The summed E-state index contributed by atoms with van der Waals surface area (Å²) in [6, 6.07) is 5.47. The number of diazo groups is 1. The molecule has 0 amide bonds. The second-order valence-electron chi connectivity index (χ2n) is 5.37. The number of benzene rings is 2. The molecular formula is C12H12N2O13S4. The fourth-order valence-electron chi connectivity index (χ4n) is 2.17. The molecule has 0 aliphatic rings. The van der Waals surface area contributed by atoms with E-state index in [0.29, 0.717) is 0 Å². The van der Waals surface area contributed by atoms with E-state index in [2.05, 4.69) is 9.16 Å². The predicted octanol–water partition coefficient (Wildman–Crippen LogP) is 0.169. The molecule has 0 saturated heterocycles. The normalized spacial score (nSPS) is 12.6. The van der Waals surface area contributed by atoms with Crippen LogP contribution in [0.3, 0.4) is 0 Å². The van der Waals surface area contributed by atoms with Crippen LogP contribution in [0.25, 0.3) is 15.7 Å². The van der Waals surface area contributed by atoms with Gasteiger partial charge in [-0.2, -0.15) is 16.8 Å². The molecule has 3 N–H and O–H groups in total. The van der Waals surface area contributed by atoms with Gasteiger partial charge in [-0.05, 0) is 23.6 Å². The van der Waals surface area contributed by atoms with Gasteiger partial charge in [0.15, 0.2) is 19.7 Å². The summed E-state index contributed by atoms with van der Waals surface area (Å²) < 4.78 is 123. The summed E-state index contributed by atoms with van der Waals surface area (Å²) in [4.78, 5) is 1.76. The van der Waals surface area contributed by atoms with Crippen molar-refractivity contribution in [1.29, 1.82) is 5.39 Å². The summed E-state index contributed by atoms with van der Waals surface area (Å²) in [5.41, 5.74) is -0.440. The number of nitrogens with zero attached hydrogens (tertiary/aromatic N) is 2. The molecule has 19 heteroatoms. The zero-order chi connectivity index (χ0) is 24.3. The Labute approximate surface area is 176 Å². The van der Waals surface area contributed by atoms with Crippen LogP contribution < -0.4 is 0 Å². The molecular weight excluding hydrogens is 508 g/mol. The third-order valence-electron chi connectivity index (χ3n) is 3.23. The van der Waals surface area contributed by atoms with Crippen molar-refractivity contribution in [3.63, 3.8) is 0 Å². The molecule has 0 heterocycles. The first-order valence-corrected chi connectivity index (χ1v) is 13.1. The summed E-state index contributed by atoms with van der Waals surface area (Å²) in [6.45, 7) is -0.884. The Kier molecular flexibility index (Phi) is 8.17. The molecule has 2 aromatic carbocycles. The second-order valence-corrected chi connectivity index (χ2v) is 10.8. The molecule has 0 bridgehead atoms. The van der Waals surface area contributed by atoms with E-state index in [1.807, 2.05) is 0 Å². The lowest BCUT2D eigenvalue weighted by Gasteiger charge is -2.09. The van der Waals surface area contributed by atoms with E-state index < -0.39 is 63.7 Å². The van der Waals surface area contributed by atoms with E-state index in [-0.39, 0.29) is 15.7 Å². The van der Waals surface area contributed by atoms with E-state index in [1.54, 1.807) is 0 Å². The number of rotatable bonds is 6. The van der Waals surface area contributed by atoms with Gasteiger partial charge in [0.05, 0.1) is 17.3 Å². The Hall–Kier alpha value is -2.28. The van der Waals surface area contributed by atoms with Crippen LogP contribution in [0, 0.1) is 5.39 Å². The average molecular weight is 520 g/mol. The lowest BCUT2D eigenvalue weighted by molar-refractivity contribution is 0.276. The van der Waals surface area contributed by atoms with Crippen LogP contribution in [0.2, 0.25) is 0 Å². The van der Waals surface area contributed by atoms with E-state index in [4.69, 9.17) is 22.9 Å². The van der Waals surface area contributed by atoms with Crippen LogP contribution >= 0.6 is 0 Å². The van der Waals surface area contributed by atoms with Crippen molar-refractivity contribution in [1.82, 2.24) is 0 Å². The van der Waals surface area contributed by atoms with Gasteiger partial charge in [-0.3, -0.25) is 17.8 Å². The molecule has 0 aliphatic heterocycles. The highest BCUT2D eigenvalue weighted by molar-refractivity contribution is 7.91. The Morgan fingerprint density at radius 3 is 1.94 bits per heavy atom. The maximum atomic E-state index is 12.2. The first kappa shape index (κ1) is 26.8. The maximum Gasteiger partial charge on any atom is 0.406 e. The smallest absolute Gasteiger partial charge is 0.406 e. The molecule has 0 saturated carbocycles. The van der Waals surface area contributed by atoms with E-state index in [1.165, 1.54) is 6.07 Å². The van der Waals surface area contributed by atoms with Gasteiger partial charge >= 0.3 is 26.2 Å². The Balaban J connectivity index is 0.000000861. The summed E-state index contributed by atoms with van der Waals surface area (Å²) in [5.74, 6) is -0.810. The van der Waals surface area contributed by atoms with Gasteiger partial charge in [-0.1, -0.05) is 6.07 Å². The minimum Gasteiger partial charge on any atom is -0.726 e. The summed E-state index contributed by atoms with van der Waals surface area (Å²) >= 11 is 0. The van der Waals surface area contributed by atoms with E-state index in [0.717, 1.165) is 24.3 Å². The Bertz CT molecular complexity index is 1450. The largest absolute Gasteiger partial charge is 0.726 e. The van der Waals surface area contributed by atoms with Crippen molar-refractivity contribution in [2.75, 3.05) is 12.4 Å². The van der Waals surface area contributed by atoms with E-state index >= 15 is 0 Å². The van der Waals surface area contributed by atoms with Crippen LogP contribution in [-0.4, -0.2) is 64.2 Å². The molecule has 0 fully saturated rings. The Morgan fingerprint density at radius 2 is 1.48 bits per heavy atom. The van der Waals surface area contributed by atoms with Gasteiger partial charge in [-0.15, -0.1) is 0 Å². The SMILES string of the molecule is N#[N+]c1ccc2cc(S(=O)(=O)CCOS(=O)(=O)[O-])ccc2c1S(=O)(=O)O.O=S(=O)(O)O. The highest BCUT2D eigenvalue weighted by Gasteiger charge is 2.28. The van der Waals surface area contributed by atoms with Gasteiger partial charge < -0.3 is 4.55 Å². The molecule has 0 aliphatic carbocycles. The molecule has 0 spiro atoms. The summed E-state index contributed by atoms with van der Waals surface area (Å²) in [5, 5.41) is 8.84. The maximum absolute atomic E-state index is 12.2. The predicted molar refractivity (Wildman–Crippen MR) is 100 cm³/mol. The van der Waals surface area contributed by atoms with E-state index in [9.17, 15) is 34.4 Å². The molecule has 0 radical (unpaired) electrons. The van der Waals surface area contributed by atoms with Crippen LogP contribution in [0.5, 0.6) is 0 Å². The lowest BCUT2D eigenvalue weighted by Crippen LogP contribution is -2.15. The fraction of sp³-hybridized carbons (Fsp3) is 0.167.